The Kier molecular flexibility index (Phi) is 5.49. The largest absolute Gasteiger partial charge is 0.493 e. The Labute approximate surface area is 177 Å². The maximum Gasteiger partial charge on any atom is 0.221 e. The number of benzene rings is 2. The Balaban J connectivity index is 1.76. The highest BCUT2D eigenvalue weighted by Gasteiger charge is 2.15. The molecule has 0 saturated carbocycles. The minimum Gasteiger partial charge on any atom is -0.493 e. The number of carbonyl (C=O) groups is 1. The molecule has 2 heterocycles. The molecule has 0 atom stereocenters. The van der Waals surface area contributed by atoms with Gasteiger partial charge in [0.25, 0.3) is 0 Å². The minimum atomic E-state index is -0.120. The van der Waals surface area contributed by atoms with Crippen LogP contribution in [0.15, 0.2) is 54.2 Å². The fourth-order valence-corrected chi connectivity index (χ4v) is 4.12. The molecule has 0 bridgehead atoms. The molecule has 4 rings (SSSR count). The number of hydrogen-bond acceptors (Lipinski definition) is 7. The van der Waals surface area contributed by atoms with Gasteiger partial charge in [-0.25, -0.2) is 9.97 Å². The molecule has 7 nitrogen and oxygen atoms in total. The lowest BCUT2D eigenvalue weighted by Gasteiger charge is -2.11. The zero-order valence-corrected chi connectivity index (χ0v) is 17.5. The minimum absolute atomic E-state index is 0.120. The van der Waals surface area contributed by atoms with Crippen LogP contribution in [0.2, 0.25) is 0 Å². The lowest BCUT2D eigenvalue weighted by atomic mass is 10.1. The van der Waals surface area contributed by atoms with Crippen LogP contribution in [0.3, 0.4) is 0 Å². The maximum atomic E-state index is 11.4. The van der Waals surface area contributed by atoms with Crippen LogP contribution in [0.1, 0.15) is 6.92 Å². The van der Waals surface area contributed by atoms with Crippen molar-refractivity contribution in [3.63, 3.8) is 0 Å². The number of aromatic nitrogens is 2. The summed E-state index contributed by atoms with van der Waals surface area (Å²) in [5.41, 5.74) is 3.50. The second kappa shape index (κ2) is 8.38. The van der Waals surface area contributed by atoms with Crippen LogP contribution in [0, 0.1) is 0 Å². The third-order valence-electron chi connectivity index (χ3n) is 4.51. The van der Waals surface area contributed by atoms with Crippen molar-refractivity contribution in [3.8, 4) is 22.6 Å². The van der Waals surface area contributed by atoms with Gasteiger partial charge in [0.1, 0.15) is 17.0 Å². The van der Waals surface area contributed by atoms with Gasteiger partial charge in [-0.3, -0.25) is 4.79 Å². The van der Waals surface area contributed by atoms with Crippen molar-refractivity contribution in [2.24, 2.45) is 0 Å². The fraction of sp³-hybridized carbons (Fsp3) is 0.136. The fourth-order valence-electron chi connectivity index (χ4n) is 3.20. The monoisotopic (exact) mass is 420 g/mol. The lowest BCUT2D eigenvalue weighted by Crippen LogP contribution is -2.05. The van der Waals surface area contributed by atoms with Gasteiger partial charge in [-0.05, 0) is 35.9 Å². The number of rotatable bonds is 6. The Morgan fingerprint density at radius 3 is 2.57 bits per heavy atom. The van der Waals surface area contributed by atoms with Crippen molar-refractivity contribution in [3.05, 3.63) is 54.2 Å². The van der Waals surface area contributed by atoms with Gasteiger partial charge in [0, 0.05) is 29.2 Å². The molecule has 0 fully saturated rings. The lowest BCUT2D eigenvalue weighted by molar-refractivity contribution is -0.114. The summed E-state index contributed by atoms with van der Waals surface area (Å²) in [5, 5.41) is 9.12. The van der Waals surface area contributed by atoms with Gasteiger partial charge in [-0.15, -0.1) is 11.3 Å². The average molecular weight is 420 g/mol. The highest BCUT2D eigenvalue weighted by atomic mass is 32.1. The summed E-state index contributed by atoms with van der Waals surface area (Å²) in [7, 11) is 3.23. The topological polar surface area (TPSA) is 85.4 Å². The predicted molar refractivity (Wildman–Crippen MR) is 120 cm³/mol. The first-order chi connectivity index (χ1) is 14.6. The molecule has 1 amide bonds. The van der Waals surface area contributed by atoms with E-state index in [0.29, 0.717) is 23.0 Å². The second-order valence-corrected chi connectivity index (χ2v) is 7.37. The van der Waals surface area contributed by atoms with Crippen molar-refractivity contribution < 1.29 is 14.3 Å². The van der Waals surface area contributed by atoms with Crippen LogP contribution in [-0.4, -0.2) is 30.1 Å². The molecule has 30 heavy (non-hydrogen) atoms. The Hall–Kier alpha value is -3.65. The molecule has 0 aliphatic carbocycles. The van der Waals surface area contributed by atoms with E-state index in [9.17, 15) is 4.79 Å². The third kappa shape index (κ3) is 3.90. The Morgan fingerprint density at radius 2 is 1.80 bits per heavy atom. The number of hydrogen-bond donors (Lipinski definition) is 2. The number of ether oxygens (including phenoxy) is 2. The standard InChI is InChI=1S/C22H20N4O3S/c1-13(27)25-15-5-4-6-16(10-15)26-21-20-17(11-30-22(20)24-12-23-21)14-7-8-18(28-2)19(9-14)29-3/h4-12H,1-3H3,(H,25,27)(H,23,24,26). The first-order valence-corrected chi connectivity index (χ1v) is 10.1. The molecule has 0 aliphatic rings. The van der Waals surface area contributed by atoms with Crippen LogP contribution in [0.25, 0.3) is 21.3 Å². The van der Waals surface area contributed by atoms with E-state index < -0.39 is 0 Å². The highest BCUT2D eigenvalue weighted by Crippen LogP contribution is 2.40. The summed E-state index contributed by atoms with van der Waals surface area (Å²) in [4.78, 5) is 21.1. The molecule has 0 spiro atoms. The molecule has 0 aliphatic heterocycles. The second-order valence-electron chi connectivity index (χ2n) is 6.51. The number of nitrogens with one attached hydrogen (secondary N) is 2. The summed E-state index contributed by atoms with van der Waals surface area (Å²) in [6.45, 7) is 1.48. The summed E-state index contributed by atoms with van der Waals surface area (Å²) in [5.74, 6) is 1.89. The molecule has 2 aromatic heterocycles. The maximum absolute atomic E-state index is 11.4. The number of nitrogens with zero attached hydrogens (tertiary/aromatic N) is 2. The Morgan fingerprint density at radius 1 is 1.00 bits per heavy atom. The number of amides is 1. The van der Waals surface area contributed by atoms with Gasteiger partial charge in [0.2, 0.25) is 5.91 Å². The van der Waals surface area contributed by atoms with Crippen molar-refractivity contribution >= 4 is 44.7 Å². The van der Waals surface area contributed by atoms with Crippen molar-refractivity contribution in [2.45, 2.75) is 6.92 Å². The van der Waals surface area contributed by atoms with E-state index in [-0.39, 0.29) is 5.91 Å². The van der Waals surface area contributed by atoms with E-state index in [4.69, 9.17) is 9.47 Å². The molecule has 8 heteroatoms. The smallest absolute Gasteiger partial charge is 0.221 e. The molecule has 4 aromatic rings. The predicted octanol–water partition coefficient (Wildman–Crippen LogP) is 5.08. The van der Waals surface area contributed by atoms with Gasteiger partial charge in [0.15, 0.2) is 11.5 Å². The van der Waals surface area contributed by atoms with Crippen molar-refractivity contribution in [1.29, 1.82) is 0 Å². The van der Waals surface area contributed by atoms with Crippen molar-refractivity contribution in [1.82, 2.24) is 9.97 Å². The summed E-state index contributed by atoms with van der Waals surface area (Å²) >= 11 is 1.55. The SMILES string of the molecule is COc1ccc(-c2csc3ncnc(Nc4cccc(NC(C)=O)c4)c23)cc1OC. The average Bonchev–Trinajstić information content (AvgIpc) is 3.18. The number of fused-ring (bicyclic) bond motifs is 1. The van der Waals surface area contributed by atoms with Crippen LogP contribution in [-0.2, 0) is 4.79 Å². The molecule has 0 saturated heterocycles. The number of carbonyl (C=O) groups excluding carboxylic acids is 1. The van der Waals surface area contributed by atoms with Crippen LogP contribution >= 0.6 is 11.3 Å². The van der Waals surface area contributed by atoms with Crippen LogP contribution in [0.4, 0.5) is 17.2 Å². The zero-order valence-electron chi connectivity index (χ0n) is 16.7. The third-order valence-corrected chi connectivity index (χ3v) is 5.40. The molecular formula is C22H20N4O3S. The number of thiophene rings is 1. The molecule has 0 unspecified atom stereocenters. The number of anilines is 3. The quantitative estimate of drug-likeness (QED) is 0.453. The number of methoxy groups -OCH3 is 2. The highest BCUT2D eigenvalue weighted by molar-refractivity contribution is 7.17. The van der Waals surface area contributed by atoms with Crippen LogP contribution < -0.4 is 20.1 Å². The summed E-state index contributed by atoms with van der Waals surface area (Å²) in [6.07, 6.45) is 1.54. The van der Waals surface area contributed by atoms with Crippen LogP contribution in [0.5, 0.6) is 11.5 Å². The molecule has 0 radical (unpaired) electrons. The summed E-state index contributed by atoms with van der Waals surface area (Å²) in [6, 6.07) is 13.3. The Bertz CT molecular complexity index is 1220. The van der Waals surface area contributed by atoms with Gasteiger partial charge >= 0.3 is 0 Å². The molecule has 2 N–H and O–H groups in total. The van der Waals surface area contributed by atoms with E-state index >= 15 is 0 Å². The first kappa shape index (κ1) is 19.7. The van der Waals surface area contributed by atoms with E-state index in [1.165, 1.54) is 13.3 Å². The normalized spacial score (nSPS) is 10.6. The van der Waals surface area contributed by atoms with E-state index in [1.54, 1.807) is 25.6 Å². The van der Waals surface area contributed by atoms with Gasteiger partial charge in [-0.2, -0.15) is 0 Å². The first-order valence-electron chi connectivity index (χ1n) is 9.18. The summed E-state index contributed by atoms with van der Waals surface area (Å²) < 4.78 is 10.8. The van der Waals surface area contributed by atoms with Gasteiger partial charge in [-0.1, -0.05) is 12.1 Å². The van der Waals surface area contributed by atoms with E-state index in [0.717, 1.165) is 27.0 Å². The van der Waals surface area contributed by atoms with E-state index in [1.807, 2.05) is 42.5 Å². The van der Waals surface area contributed by atoms with Gasteiger partial charge < -0.3 is 20.1 Å². The molecular weight excluding hydrogens is 400 g/mol. The molecule has 2 aromatic carbocycles. The molecule has 152 valence electrons. The zero-order chi connectivity index (χ0) is 21.1. The van der Waals surface area contributed by atoms with Gasteiger partial charge in [0.05, 0.1) is 19.6 Å². The van der Waals surface area contributed by atoms with Crippen molar-refractivity contribution in [2.75, 3.05) is 24.9 Å². The van der Waals surface area contributed by atoms with E-state index in [2.05, 4.69) is 26.0 Å².